The molecule has 6 nitrogen and oxygen atoms in total. The van der Waals surface area contributed by atoms with Crippen molar-refractivity contribution >= 4 is 11.9 Å². The quantitative estimate of drug-likeness (QED) is 0.0321. The molecule has 0 aromatic heterocycles. The van der Waals surface area contributed by atoms with Gasteiger partial charge in [0.05, 0.1) is 25.2 Å². The summed E-state index contributed by atoms with van der Waals surface area (Å²) in [5.41, 5.74) is 0. The fraction of sp³-hybridized carbons (Fsp3) is 0.895. The first kappa shape index (κ1) is 61.3. The fourth-order valence-corrected chi connectivity index (χ4v) is 8.78. The van der Waals surface area contributed by atoms with Crippen LogP contribution in [0.3, 0.4) is 0 Å². The molecule has 0 saturated heterocycles. The van der Waals surface area contributed by atoms with Gasteiger partial charge in [-0.05, 0) is 51.4 Å². The number of aliphatic hydroxyl groups is 2. The van der Waals surface area contributed by atoms with Gasteiger partial charge < -0.3 is 20.3 Å². The summed E-state index contributed by atoms with van der Waals surface area (Å²) >= 11 is 0. The smallest absolute Gasteiger partial charge is 0.306 e. The van der Waals surface area contributed by atoms with E-state index in [0.29, 0.717) is 19.3 Å². The average molecular weight is 889 g/mol. The third-order valence-corrected chi connectivity index (χ3v) is 13.1. The second kappa shape index (κ2) is 51.3. The normalized spacial score (nSPS) is 13.3. The number of rotatable bonds is 51. The monoisotopic (exact) mass is 888 g/mol. The van der Waals surface area contributed by atoms with E-state index in [9.17, 15) is 19.8 Å². The number of ether oxygens (including phenoxy) is 1. The molecule has 0 bridgehead atoms. The lowest BCUT2D eigenvalue weighted by Crippen LogP contribution is -2.46. The van der Waals surface area contributed by atoms with Crippen molar-refractivity contribution in [2.24, 2.45) is 0 Å². The van der Waals surface area contributed by atoms with Crippen molar-refractivity contribution in [3.05, 3.63) is 24.3 Å². The van der Waals surface area contributed by atoms with Crippen LogP contribution in [0.5, 0.6) is 0 Å². The number of nitrogens with one attached hydrogen (secondary N) is 1. The summed E-state index contributed by atoms with van der Waals surface area (Å²) in [4.78, 5) is 26.2. The number of aliphatic hydroxyl groups excluding tert-OH is 2. The van der Waals surface area contributed by atoms with Crippen molar-refractivity contribution in [3.63, 3.8) is 0 Å². The highest BCUT2D eigenvalue weighted by Crippen LogP contribution is 2.19. The van der Waals surface area contributed by atoms with Crippen molar-refractivity contribution in [2.75, 3.05) is 6.61 Å². The third kappa shape index (κ3) is 46.7. The molecule has 0 rings (SSSR count). The summed E-state index contributed by atoms with van der Waals surface area (Å²) in [5.74, 6) is -0.488. The van der Waals surface area contributed by atoms with Crippen LogP contribution in [0.4, 0.5) is 0 Å². The van der Waals surface area contributed by atoms with Crippen LogP contribution in [0, 0.1) is 0 Å². The van der Waals surface area contributed by atoms with Gasteiger partial charge in [0.25, 0.3) is 0 Å². The summed E-state index contributed by atoms with van der Waals surface area (Å²) in [5, 5.41) is 23.8. The summed E-state index contributed by atoms with van der Waals surface area (Å²) in [6, 6.07) is -0.702. The van der Waals surface area contributed by atoms with Crippen LogP contribution in [0.15, 0.2) is 24.3 Å². The minimum atomic E-state index is -0.788. The Bertz CT molecular complexity index is 997. The second-order valence-corrected chi connectivity index (χ2v) is 19.4. The molecule has 0 heterocycles. The molecule has 1 amide bonds. The molecule has 372 valence electrons. The molecular formula is C57H109NO5. The van der Waals surface area contributed by atoms with Gasteiger partial charge in [0.1, 0.15) is 6.10 Å². The molecule has 0 aliphatic rings. The fourth-order valence-electron chi connectivity index (χ4n) is 8.78. The highest BCUT2D eigenvalue weighted by molar-refractivity contribution is 5.77. The highest BCUT2D eigenvalue weighted by Gasteiger charge is 2.24. The van der Waals surface area contributed by atoms with Crippen LogP contribution in [0.1, 0.15) is 303 Å². The Morgan fingerprint density at radius 1 is 0.460 bits per heavy atom. The zero-order valence-corrected chi connectivity index (χ0v) is 42.5. The van der Waals surface area contributed by atoms with Gasteiger partial charge >= 0.3 is 5.97 Å². The molecule has 0 aliphatic heterocycles. The molecule has 6 heteroatoms. The van der Waals surface area contributed by atoms with Gasteiger partial charge in [-0.15, -0.1) is 0 Å². The summed E-state index contributed by atoms with van der Waals surface area (Å²) in [6.45, 7) is 6.50. The van der Waals surface area contributed by atoms with E-state index in [1.165, 1.54) is 199 Å². The van der Waals surface area contributed by atoms with E-state index < -0.39 is 18.2 Å². The van der Waals surface area contributed by atoms with E-state index in [1.54, 1.807) is 0 Å². The molecule has 0 saturated carbocycles. The molecule has 0 aromatic rings. The summed E-state index contributed by atoms with van der Waals surface area (Å²) < 4.78 is 5.94. The lowest BCUT2D eigenvalue weighted by molar-refractivity contribution is -0.151. The Labute approximate surface area is 392 Å². The average Bonchev–Trinajstić information content (AvgIpc) is 3.28. The summed E-state index contributed by atoms with van der Waals surface area (Å²) in [6.07, 6.45) is 59.5. The standard InChI is InChI=1S/C57H109NO5/c1-4-7-10-13-16-19-22-25-27-29-31-34-37-40-43-46-49-55(60)54(52-59)58-56(61)51-53(48-45-42-39-36-33-24-21-18-15-12-9-6-3)63-57(62)50-47-44-41-38-35-32-30-28-26-23-20-17-14-11-8-5-2/h28,30,32,35,53-55,59-60H,4-27,29,31,33-34,36-52H2,1-3H3,(H,58,61)/b30-28+,35-32+. The minimum absolute atomic E-state index is 0.0727. The van der Waals surface area contributed by atoms with Gasteiger partial charge in [0, 0.05) is 6.42 Å². The van der Waals surface area contributed by atoms with E-state index in [0.717, 1.165) is 57.8 Å². The Hall–Kier alpha value is -1.66. The maximum Gasteiger partial charge on any atom is 0.306 e. The van der Waals surface area contributed by atoms with E-state index >= 15 is 0 Å². The molecule has 0 aliphatic carbocycles. The zero-order chi connectivity index (χ0) is 45.9. The van der Waals surface area contributed by atoms with Crippen LogP contribution >= 0.6 is 0 Å². The SMILES string of the molecule is CCCCCCCCC/C=C/C=C/CCCCCC(=O)OC(CCCCCCCCCCCCCC)CC(=O)NC(CO)C(O)CCCCCCCCCCCCCCCCCC. The Kier molecular flexibility index (Phi) is 50.0. The number of carbonyl (C=O) groups is 2. The molecule has 0 spiro atoms. The van der Waals surface area contributed by atoms with Gasteiger partial charge in [0.2, 0.25) is 5.91 Å². The van der Waals surface area contributed by atoms with Gasteiger partial charge in [-0.1, -0.05) is 263 Å². The summed E-state index contributed by atoms with van der Waals surface area (Å²) in [7, 11) is 0. The number of hydrogen-bond donors (Lipinski definition) is 3. The van der Waals surface area contributed by atoms with E-state index in [-0.39, 0.29) is 24.9 Å². The lowest BCUT2D eigenvalue weighted by Gasteiger charge is -2.24. The largest absolute Gasteiger partial charge is 0.462 e. The van der Waals surface area contributed by atoms with Crippen molar-refractivity contribution in [1.29, 1.82) is 0 Å². The number of amides is 1. The minimum Gasteiger partial charge on any atom is -0.462 e. The van der Waals surface area contributed by atoms with Gasteiger partial charge in [-0.3, -0.25) is 9.59 Å². The van der Waals surface area contributed by atoms with Gasteiger partial charge in [-0.2, -0.15) is 0 Å². The maximum atomic E-state index is 13.2. The van der Waals surface area contributed by atoms with Crippen LogP contribution in [0.25, 0.3) is 0 Å². The first-order valence-electron chi connectivity index (χ1n) is 28.1. The van der Waals surface area contributed by atoms with Crippen LogP contribution in [-0.4, -0.2) is 46.9 Å². The van der Waals surface area contributed by atoms with Crippen molar-refractivity contribution in [3.8, 4) is 0 Å². The number of esters is 1. The van der Waals surface area contributed by atoms with Crippen molar-refractivity contribution < 1.29 is 24.5 Å². The first-order chi connectivity index (χ1) is 31.0. The second-order valence-electron chi connectivity index (χ2n) is 19.4. The van der Waals surface area contributed by atoms with E-state index in [4.69, 9.17) is 4.74 Å². The molecule has 63 heavy (non-hydrogen) atoms. The van der Waals surface area contributed by atoms with Crippen LogP contribution in [0.2, 0.25) is 0 Å². The molecule has 0 fully saturated rings. The van der Waals surface area contributed by atoms with Crippen molar-refractivity contribution in [2.45, 2.75) is 322 Å². The number of allylic oxidation sites excluding steroid dienone is 4. The highest BCUT2D eigenvalue weighted by atomic mass is 16.5. The molecule has 3 unspecified atom stereocenters. The van der Waals surface area contributed by atoms with E-state index in [2.05, 4.69) is 50.4 Å². The van der Waals surface area contributed by atoms with Gasteiger partial charge in [0.15, 0.2) is 0 Å². The van der Waals surface area contributed by atoms with Crippen molar-refractivity contribution in [1.82, 2.24) is 5.32 Å². The third-order valence-electron chi connectivity index (χ3n) is 13.1. The zero-order valence-electron chi connectivity index (χ0n) is 42.5. The van der Waals surface area contributed by atoms with Crippen LogP contribution < -0.4 is 5.32 Å². The Balaban J connectivity index is 4.51. The number of hydrogen-bond acceptors (Lipinski definition) is 5. The first-order valence-corrected chi connectivity index (χ1v) is 28.1. The van der Waals surface area contributed by atoms with Crippen LogP contribution in [-0.2, 0) is 14.3 Å². The Morgan fingerprint density at radius 2 is 0.794 bits per heavy atom. The topological polar surface area (TPSA) is 95.9 Å². The Morgan fingerprint density at radius 3 is 1.17 bits per heavy atom. The number of unbranched alkanes of at least 4 members (excludes halogenated alkanes) is 36. The maximum absolute atomic E-state index is 13.2. The van der Waals surface area contributed by atoms with E-state index in [1.807, 2.05) is 0 Å². The number of carbonyl (C=O) groups excluding carboxylic acids is 2. The molecular weight excluding hydrogens is 779 g/mol. The lowest BCUT2D eigenvalue weighted by atomic mass is 10.0. The molecule has 3 atom stereocenters. The predicted octanol–water partition coefficient (Wildman–Crippen LogP) is 17.1. The molecule has 3 N–H and O–H groups in total. The predicted molar refractivity (Wildman–Crippen MR) is 273 cm³/mol. The molecule has 0 radical (unpaired) electrons. The van der Waals surface area contributed by atoms with Gasteiger partial charge in [-0.25, -0.2) is 0 Å². The molecule has 0 aromatic carbocycles.